The Hall–Kier alpha value is -2.01. The van der Waals surface area contributed by atoms with Gasteiger partial charge in [-0.05, 0) is 24.6 Å². The lowest BCUT2D eigenvalue weighted by atomic mass is 10.2. The van der Waals surface area contributed by atoms with Crippen LogP contribution in [0, 0.1) is 6.92 Å². The standard InChI is InChI=1S/C11H9ClN2O3/c1-6-7(12)3-2-4-8(6)14-5-9(15)10(13-14)11(16)17/h2-5,15H,1H3,(H,16,17). The summed E-state index contributed by atoms with van der Waals surface area (Å²) < 4.78 is 1.29. The summed E-state index contributed by atoms with van der Waals surface area (Å²) in [5.41, 5.74) is 0.998. The molecule has 2 N–H and O–H groups in total. The van der Waals surface area contributed by atoms with Gasteiger partial charge in [-0.1, -0.05) is 17.7 Å². The average Bonchev–Trinajstić information content (AvgIpc) is 2.64. The van der Waals surface area contributed by atoms with Gasteiger partial charge < -0.3 is 10.2 Å². The van der Waals surface area contributed by atoms with Gasteiger partial charge in [-0.25, -0.2) is 9.48 Å². The van der Waals surface area contributed by atoms with Gasteiger partial charge in [0.1, 0.15) is 0 Å². The first-order chi connectivity index (χ1) is 8.00. The second-order valence-corrected chi connectivity index (χ2v) is 3.90. The molecule has 0 amide bonds. The number of carbonyl (C=O) groups is 1. The topological polar surface area (TPSA) is 75.4 Å². The maximum atomic E-state index is 10.8. The highest BCUT2D eigenvalue weighted by Gasteiger charge is 2.16. The van der Waals surface area contributed by atoms with Gasteiger partial charge in [0.2, 0.25) is 5.69 Å². The van der Waals surface area contributed by atoms with Gasteiger partial charge in [-0.15, -0.1) is 0 Å². The molecule has 1 heterocycles. The molecule has 0 saturated heterocycles. The summed E-state index contributed by atoms with van der Waals surface area (Å²) >= 11 is 5.95. The number of benzene rings is 1. The van der Waals surface area contributed by atoms with Crippen molar-refractivity contribution in [3.63, 3.8) is 0 Å². The third kappa shape index (κ3) is 1.97. The minimum absolute atomic E-state index is 0.378. The molecule has 17 heavy (non-hydrogen) atoms. The molecule has 0 atom stereocenters. The number of aromatic carboxylic acids is 1. The number of rotatable bonds is 2. The number of nitrogens with zero attached hydrogens (tertiary/aromatic N) is 2. The molecule has 0 aliphatic carbocycles. The van der Waals surface area contributed by atoms with E-state index in [-0.39, 0.29) is 11.4 Å². The van der Waals surface area contributed by atoms with Crippen molar-refractivity contribution in [1.82, 2.24) is 9.78 Å². The summed E-state index contributed by atoms with van der Waals surface area (Å²) in [6, 6.07) is 5.19. The summed E-state index contributed by atoms with van der Waals surface area (Å²) in [6.45, 7) is 1.79. The van der Waals surface area contributed by atoms with Crippen molar-refractivity contribution in [2.24, 2.45) is 0 Å². The van der Waals surface area contributed by atoms with Crippen molar-refractivity contribution < 1.29 is 15.0 Å². The zero-order valence-electron chi connectivity index (χ0n) is 8.88. The molecule has 2 aromatic rings. The van der Waals surface area contributed by atoms with E-state index in [0.29, 0.717) is 10.7 Å². The lowest BCUT2D eigenvalue weighted by molar-refractivity contribution is 0.0687. The highest BCUT2D eigenvalue weighted by Crippen LogP contribution is 2.24. The first-order valence-electron chi connectivity index (χ1n) is 4.78. The third-order valence-electron chi connectivity index (χ3n) is 2.38. The van der Waals surface area contributed by atoms with Crippen LogP contribution in [-0.2, 0) is 0 Å². The van der Waals surface area contributed by atoms with E-state index >= 15 is 0 Å². The fraction of sp³-hybridized carbons (Fsp3) is 0.0909. The average molecular weight is 253 g/mol. The number of hydrogen-bond acceptors (Lipinski definition) is 3. The summed E-state index contributed by atoms with van der Waals surface area (Å²) in [7, 11) is 0. The van der Waals surface area contributed by atoms with Crippen LogP contribution in [0.5, 0.6) is 5.75 Å². The smallest absolute Gasteiger partial charge is 0.360 e. The Bertz CT molecular complexity index is 592. The SMILES string of the molecule is Cc1c(Cl)cccc1-n1cc(O)c(C(=O)O)n1. The van der Waals surface area contributed by atoms with Crippen LogP contribution in [0.15, 0.2) is 24.4 Å². The van der Waals surface area contributed by atoms with E-state index in [1.165, 1.54) is 10.9 Å². The van der Waals surface area contributed by atoms with E-state index in [1.54, 1.807) is 25.1 Å². The first kappa shape index (κ1) is 11.5. The van der Waals surface area contributed by atoms with Gasteiger partial charge in [0, 0.05) is 5.02 Å². The van der Waals surface area contributed by atoms with Gasteiger partial charge in [0.05, 0.1) is 11.9 Å². The Morgan fingerprint density at radius 1 is 1.47 bits per heavy atom. The fourth-order valence-corrected chi connectivity index (χ4v) is 1.65. The Morgan fingerprint density at radius 2 is 2.18 bits per heavy atom. The van der Waals surface area contributed by atoms with Crippen molar-refractivity contribution in [1.29, 1.82) is 0 Å². The molecule has 6 heteroatoms. The molecule has 0 unspecified atom stereocenters. The fourth-order valence-electron chi connectivity index (χ4n) is 1.48. The van der Waals surface area contributed by atoms with Gasteiger partial charge in [0.15, 0.2) is 5.75 Å². The van der Waals surface area contributed by atoms with Crippen molar-refractivity contribution in [3.8, 4) is 11.4 Å². The molecular weight excluding hydrogens is 244 g/mol. The molecule has 2 rings (SSSR count). The highest BCUT2D eigenvalue weighted by atomic mass is 35.5. The quantitative estimate of drug-likeness (QED) is 0.859. The molecule has 88 valence electrons. The predicted octanol–water partition coefficient (Wildman–Crippen LogP) is 2.24. The van der Waals surface area contributed by atoms with Crippen LogP contribution >= 0.6 is 11.6 Å². The van der Waals surface area contributed by atoms with Crippen molar-refractivity contribution in [2.45, 2.75) is 6.92 Å². The van der Waals surface area contributed by atoms with E-state index < -0.39 is 5.97 Å². The van der Waals surface area contributed by atoms with Gasteiger partial charge in [0.25, 0.3) is 0 Å². The van der Waals surface area contributed by atoms with Crippen LogP contribution in [0.1, 0.15) is 16.1 Å². The molecule has 0 saturated carbocycles. The Morgan fingerprint density at radius 3 is 2.76 bits per heavy atom. The second-order valence-electron chi connectivity index (χ2n) is 3.50. The lowest BCUT2D eigenvalue weighted by Crippen LogP contribution is -2.02. The predicted molar refractivity (Wildman–Crippen MR) is 61.9 cm³/mol. The summed E-state index contributed by atoms with van der Waals surface area (Å²) in [4.78, 5) is 10.8. The van der Waals surface area contributed by atoms with E-state index in [4.69, 9.17) is 16.7 Å². The number of hydrogen-bond donors (Lipinski definition) is 2. The summed E-state index contributed by atoms with van der Waals surface area (Å²) in [5.74, 6) is -1.65. The number of halogens is 1. The minimum Gasteiger partial charge on any atom is -0.504 e. The molecule has 0 aliphatic rings. The molecule has 0 bridgehead atoms. The number of carboxylic acid groups (broad SMARTS) is 1. The Labute approximate surface area is 102 Å². The van der Waals surface area contributed by atoms with Gasteiger partial charge in [-0.2, -0.15) is 5.10 Å². The molecule has 0 fully saturated rings. The molecule has 1 aromatic carbocycles. The Balaban J connectivity index is 2.58. The van der Waals surface area contributed by atoms with E-state index in [2.05, 4.69) is 5.10 Å². The number of aromatic nitrogens is 2. The molecular formula is C11H9ClN2O3. The molecule has 5 nitrogen and oxygen atoms in total. The third-order valence-corrected chi connectivity index (χ3v) is 2.79. The number of carboxylic acids is 1. The summed E-state index contributed by atoms with van der Waals surface area (Å²) in [6.07, 6.45) is 1.24. The zero-order valence-corrected chi connectivity index (χ0v) is 9.64. The largest absolute Gasteiger partial charge is 0.504 e. The molecule has 0 aliphatic heterocycles. The maximum Gasteiger partial charge on any atom is 0.360 e. The van der Waals surface area contributed by atoms with Crippen LogP contribution in [0.2, 0.25) is 5.02 Å². The monoisotopic (exact) mass is 252 g/mol. The minimum atomic E-state index is -1.28. The lowest BCUT2D eigenvalue weighted by Gasteiger charge is -2.06. The molecule has 0 radical (unpaired) electrons. The van der Waals surface area contributed by atoms with Crippen LogP contribution in [0.25, 0.3) is 5.69 Å². The highest BCUT2D eigenvalue weighted by molar-refractivity contribution is 6.31. The van der Waals surface area contributed by atoms with Crippen molar-refractivity contribution in [3.05, 3.63) is 40.7 Å². The van der Waals surface area contributed by atoms with Crippen molar-refractivity contribution >= 4 is 17.6 Å². The van der Waals surface area contributed by atoms with Crippen LogP contribution in [0.4, 0.5) is 0 Å². The molecule has 1 aromatic heterocycles. The molecule has 0 spiro atoms. The zero-order chi connectivity index (χ0) is 12.6. The Kier molecular flexibility index (Phi) is 2.77. The van der Waals surface area contributed by atoms with Crippen LogP contribution < -0.4 is 0 Å². The van der Waals surface area contributed by atoms with E-state index in [1.807, 2.05) is 0 Å². The van der Waals surface area contributed by atoms with Crippen LogP contribution in [-0.4, -0.2) is 26.0 Å². The van der Waals surface area contributed by atoms with E-state index in [9.17, 15) is 9.90 Å². The van der Waals surface area contributed by atoms with E-state index in [0.717, 1.165) is 5.56 Å². The van der Waals surface area contributed by atoms with Gasteiger partial charge >= 0.3 is 5.97 Å². The van der Waals surface area contributed by atoms with Crippen molar-refractivity contribution in [2.75, 3.05) is 0 Å². The normalized spacial score (nSPS) is 10.5. The van der Waals surface area contributed by atoms with Gasteiger partial charge in [-0.3, -0.25) is 0 Å². The maximum absolute atomic E-state index is 10.8. The first-order valence-corrected chi connectivity index (χ1v) is 5.16. The second kappa shape index (κ2) is 4.10. The van der Waals surface area contributed by atoms with Crippen LogP contribution in [0.3, 0.4) is 0 Å². The summed E-state index contributed by atoms with van der Waals surface area (Å²) in [5, 5.41) is 22.6. The number of aromatic hydroxyl groups is 1.